The van der Waals surface area contributed by atoms with Crippen LogP contribution < -0.4 is 10.2 Å². The summed E-state index contributed by atoms with van der Waals surface area (Å²) in [7, 11) is 3.44. The Morgan fingerprint density at radius 2 is 2.03 bits per heavy atom. The molecule has 2 aliphatic rings. The van der Waals surface area contributed by atoms with Crippen LogP contribution >= 0.6 is 11.8 Å². The number of benzene rings is 1. The maximum Gasteiger partial charge on any atom is 0.352 e. The van der Waals surface area contributed by atoms with E-state index >= 15 is 0 Å². The van der Waals surface area contributed by atoms with E-state index in [0.29, 0.717) is 11.1 Å². The number of β-lactam (4-membered cyclic amide) rings is 1. The lowest BCUT2D eigenvalue weighted by atomic mass is 9.95. The number of thioether (sulfide) groups is 1. The molecule has 3 heterocycles. The molecule has 1 fully saturated rings. The predicted octanol–water partition coefficient (Wildman–Crippen LogP) is 0.569. The number of ether oxygens (including phenoxy) is 1. The van der Waals surface area contributed by atoms with E-state index in [9.17, 15) is 24.3 Å². The number of esters is 1. The molecule has 0 saturated carbocycles. The number of aliphatic carboxylic acids is 1. The second-order valence-corrected chi connectivity index (χ2v) is 9.21. The fourth-order valence-electron chi connectivity index (χ4n) is 3.81. The van der Waals surface area contributed by atoms with Gasteiger partial charge in [-0.2, -0.15) is 4.98 Å². The van der Waals surface area contributed by atoms with Crippen LogP contribution in [0.2, 0.25) is 0 Å². The number of carboxylic acids is 1. The number of fused-ring (bicyclic) bond motifs is 1. The Labute approximate surface area is 204 Å². The van der Waals surface area contributed by atoms with Crippen molar-refractivity contribution in [2.24, 2.45) is 0 Å². The van der Waals surface area contributed by atoms with Crippen LogP contribution in [0, 0.1) is 0 Å². The van der Waals surface area contributed by atoms with E-state index in [1.807, 2.05) is 0 Å². The van der Waals surface area contributed by atoms with Crippen molar-refractivity contribution in [3.05, 3.63) is 53.0 Å². The second kappa shape index (κ2) is 9.78. The Morgan fingerprint density at radius 1 is 1.31 bits per heavy atom. The van der Waals surface area contributed by atoms with Gasteiger partial charge in [0.05, 0.1) is 0 Å². The first kappa shape index (κ1) is 24.3. The van der Waals surface area contributed by atoms with Gasteiger partial charge in [-0.1, -0.05) is 35.5 Å². The summed E-state index contributed by atoms with van der Waals surface area (Å²) in [5, 5.41) is 15.8. The highest BCUT2D eigenvalue weighted by atomic mass is 32.2. The van der Waals surface area contributed by atoms with Gasteiger partial charge in [0.1, 0.15) is 29.6 Å². The van der Waals surface area contributed by atoms with E-state index in [2.05, 4.69) is 15.5 Å². The third-order valence-corrected chi connectivity index (χ3v) is 6.80. The third-order valence-electron chi connectivity index (χ3n) is 5.46. The van der Waals surface area contributed by atoms with Gasteiger partial charge in [-0.15, -0.1) is 11.8 Å². The number of hydrogen-bond acceptors (Lipinski definition) is 10. The summed E-state index contributed by atoms with van der Waals surface area (Å²) in [5.41, 5.74) is 0.696. The zero-order chi connectivity index (χ0) is 25.3. The Bertz CT molecular complexity index is 1200. The Balaban J connectivity index is 1.56. The number of hydrogen-bond donors (Lipinski definition) is 2. The molecule has 184 valence electrons. The van der Waals surface area contributed by atoms with Gasteiger partial charge in [-0.3, -0.25) is 19.3 Å². The molecular weight excluding hydrogens is 478 g/mol. The van der Waals surface area contributed by atoms with Gasteiger partial charge in [0.25, 0.3) is 5.91 Å². The fraction of sp³-hybridized carbons (Fsp3) is 0.364. The van der Waals surface area contributed by atoms with Gasteiger partial charge in [-0.25, -0.2) is 4.79 Å². The molecule has 13 heteroatoms. The average Bonchev–Trinajstić information content (AvgIpc) is 3.31. The van der Waals surface area contributed by atoms with E-state index in [1.54, 1.807) is 49.3 Å². The Morgan fingerprint density at radius 3 is 2.63 bits per heavy atom. The zero-order valence-corrected chi connectivity index (χ0v) is 19.9. The number of rotatable bonds is 8. The first-order valence-electron chi connectivity index (χ1n) is 10.6. The topological polar surface area (TPSA) is 155 Å². The molecule has 3 atom stereocenters. The molecule has 0 bridgehead atoms. The van der Waals surface area contributed by atoms with Gasteiger partial charge >= 0.3 is 18.0 Å². The van der Waals surface area contributed by atoms with Crippen molar-refractivity contribution in [2.45, 2.75) is 24.3 Å². The molecule has 3 unspecified atom stereocenters. The van der Waals surface area contributed by atoms with Crippen LogP contribution in [-0.4, -0.2) is 81.8 Å². The van der Waals surface area contributed by atoms with Crippen molar-refractivity contribution in [2.75, 3.05) is 31.4 Å². The van der Waals surface area contributed by atoms with Crippen LogP contribution in [0.3, 0.4) is 0 Å². The molecule has 1 aromatic heterocycles. The van der Waals surface area contributed by atoms with Gasteiger partial charge < -0.3 is 24.6 Å². The largest absolute Gasteiger partial charge is 0.477 e. The number of nitrogens with zero attached hydrogens (tertiary/aromatic N) is 4. The Hall–Kier alpha value is -3.87. The van der Waals surface area contributed by atoms with Gasteiger partial charge in [0.15, 0.2) is 5.82 Å². The first-order valence-corrected chi connectivity index (χ1v) is 11.6. The lowest BCUT2D eigenvalue weighted by Crippen LogP contribution is -2.71. The molecular formula is C22H23N5O7S. The lowest BCUT2D eigenvalue weighted by Gasteiger charge is -2.49. The minimum atomic E-state index is -1.30. The molecule has 2 N–H and O–H groups in total. The number of amides is 2. The summed E-state index contributed by atoms with van der Waals surface area (Å²) in [5.74, 6) is -3.53. The molecule has 0 spiro atoms. The van der Waals surface area contributed by atoms with Crippen LogP contribution in [-0.2, 0) is 23.9 Å². The minimum Gasteiger partial charge on any atom is -0.477 e. The number of nitrogens with one attached hydrogen (secondary N) is 1. The summed E-state index contributed by atoms with van der Waals surface area (Å²) in [6.07, 6.45) is 0. The van der Waals surface area contributed by atoms with E-state index < -0.39 is 41.1 Å². The number of anilines is 1. The quantitative estimate of drug-likeness (QED) is 0.385. The smallest absolute Gasteiger partial charge is 0.352 e. The maximum atomic E-state index is 13.4. The molecule has 2 aromatic rings. The predicted molar refractivity (Wildman–Crippen MR) is 123 cm³/mol. The summed E-state index contributed by atoms with van der Waals surface area (Å²) in [6, 6.07) is 8.11. The zero-order valence-electron chi connectivity index (χ0n) is 19.1. The van der Waals surface area contributed by atoms with Crippen molar-refractivity contribution in [1.82, 2.24) is 20.4 Å². The van der Waals surface area contributed by atoms with E-state index in [-0.39, 0.29) is 29.9 Å². The fourth-order valence-corrected chi connectivity index (χ4v) is 5.14. The molecule has 2 aliphatic heterocycles. The van der Waals surface area contributed by atoms with Crippen LogP contribution in [0.4, 0.5) is 6.01 Å². The molecule has 35 heavy (non-hydrogen) atoms. The third kappa shape index (κ3) is 4.71. The standard InChI is InChI=1S/C22H23N5O7S/c1-11(28)33-9-13-10-35-20-15(19(30)27(20)16(13)21(31)32)23-18(29)14(12-7-5-4-6-8-12)17-24-22(26(2)3)34-25-17/h4-8,14-15,20H,9-10H2,1-3H3,(H,23,29)(H,31,32). The number of carboxylic acid groups (broad SMARTS) is 1. The van der Waals surface area contributed by atoms with Crippen LogP contribution in [0.15, 0.2) is 46.1 Å². The average molecular weight is 502 g/mol. The molecule has 1 aromatic carbocycles. The maximum absolute atomic E-state index is 13.4. The van der Waals surface area contributed by atoms with Crippen LogP contribution in [0.25, 0.3) is 0 Å². The van der Waals surface area contributed by atoms with Gasteiger partial charge in [0.2, 0.25) is 5.91 Å². The summed E-state index contributed by atoms with van der Waals surface area (Å²) in [4.78, 5) is 56.4. The summed E-state index contributed by atoms with van der Waals surface area (Å²) < 4.78 is 10.2. The van der Waals surface area contributed by atoms with E-state index in [0.717, 1.165) is 4.90 Å². The molecule has 1 saturated heterocycles. The molecule has 4 rings (SSSR count). The molecule has 0 radical (unpaired) electrons. The van der Waals surface area contributed by atoms with Crippen molar-refractivity contribution in [3.8, 4) is 0 Å². The van der Waals surface area contributed by atoms with E-state index in [4.69, 9.17) is 9.26 Å². The number of aromatic nitrogens is 2. The number of carbonyl (C=O) groups is 4. The molecule has 12 nitrogen and oxygen atoms in total. The van der Waals surface area contributed by atoms with Gasteiger partial charge in [0, 0.05) is 32.3 Å². The highest BCUT2D eigenvalue weighted by Gasteiger charge is 2.54. The van der Waals surface area contributed by atoms with Crippen molar-refractivity contribution < 1.29 is 33.5 Å². The van der Waals surface area contributed by atoms with Crippen LogP contribution in [0.5, 0.6) is 0 Å². The lowest BCUT2D eigenvalue weighted by molar-refractivity contribution is -0.151. The SMILES string of the molecule is CC(=O)OCC1=C(C(=O)O)N2C(=O)C(NC(=O)C(c3ccccc3)c3noc(N(C)C)n3)C2SC1. The highest BCUT2D eigenvalue weighted by Crippen LogP contribution is 2.40. The second-order valence-electron chi connectivity index (χ2n) is 8.11. The summed E-state index contributed by atoms with van der Waals surface area (Å²) in [6.45, 7) is 0.994. The first-order chi connectivity index (χ1) is 16.7. The van der Waals surface area contributed by atoms with E-state index in [1.165, 1.54) is 18.7 Å². The normalized spacial score (nSPS) is 20.0. The van der Waals surface area contributed by atoms with Crippen LogP contribution in [0.1, 0.15) is 24.2 Å². The minimum absolute atomic E-state index is 0.132. The molecule has 2 amide bonds. The number of carbonyl (C=O) groups excluding carboxylic acids is 3. The van der Waals surface area contributed by atoms with Crippen molar-refractivity contribution in [1.29, 1.82) is 0 Å². The molecule has 0 aliphatic carbocycles. The highest BCUT2D eigenvalue weighted by molar-refractivity contribution is 8.00. The van der Waals surface area contributed by atoms with Crippen molar-refractivity contribution in [3.63, 3.8) is 0 Å². The van der Waals surface area contributed by atoms with Gasteiger partial charge in [-0.05, 0) is 5.56 Å². The summed E-state index contributed by atoms with van der Waals surface area (Å²) >= 11 is 1.28. The monoisotopic (exact) mass is 501 g/mol. The Kier molecular flexibility index (Phi) is 6.78. The van der Waals surface area contributed by atoms with Crippen molar-refractivity contribution >= 4 is 41.5 Å².